The molecule has 2 rings (SSSR count). The fourth-order valence-corrected chi connectivity index (χ4v) is 1.91. The third kappa shape index (κ3) is 2.50. The maximum absolute atomic E-state index is 4.85. The summed E-state index contributed by atoms with van der Waals surface area (Å²) in [6.07, 6.45) is 0. The van der Waals surface area contributed by atoms with E-state index in [0.717, 1.165) is 17.1 Å². The van der Waals surface area contributed by atoms with Crippen LogP contribution in [0.4, 0.5) is 5.69 Å². The van der Waals surface area contributed by atoms with E-state index in [0.29, 0.717) is 0 Å². The smallest absolute Gasteiger partial charge is 0.154 e. The molecule has 1 radical (unpaired) electrons. The van der Waals surface area contributed by atoms with E-state index in [1.807, 2.05) is 23.2 Å². The Morgan fingerprint density at radius 3 is 2.17 bits per heavy atom. The van der Waals surface area contributed by atoms with Crippen LogP contribution >= 0.6 is 0 Å². The standard InChI is InChI=1S/C15H22N3/c1-14(2,3)16-13-11-9-7-8-10-12(11)17-18(13)15(4,5)6/h7-10H,1-6H3. The highest BCUT2D eigenvalue weighted by Crippen LogP contribution is 2.31. The number of aliphatic imine (C=N–C) groups is 1. The molecule has 0 aromatic heterocycles. The topological polar surface area (TPSA) is 29.7 Å². The van der Waals surface area contributed by atoms with Gasteiger partial charge in [0.25, 0.3) is 0 Å². The van der Waals surface area contributed by atoms with E-state index < -0.39 is 0 Å². The van der Waals surface area contributed by atoms with E-state index in [2.05, 4.69) is 47.6 Å². The molecule has 0 spiro atoms. The minimum atomic E-state index is -0.105. The maximum Gasteiger partial charge on any atom is 0.154 e. The summed E-state index contributed by atoms with van der Waals surface area (Å²) >= 11 is 0. The summed E-state index contributed by atoms with van der Waals surface area (Å²) in [5.74, 6) is 0.977. The average Bonchev–Trinajstić information content (AvgIpc) is 2.55. The largest absolute Gasteiger partial charge is 0.261 e. The molecule has 0 saturated carbocycles. The van der Waals surface area contributed by atoms with Crippen molar-refractivity contribution >= 4 is 11.5 Å². The van der Waals surface area contributed by atoms with Gasteiger partial charge in [0, 0.05) is 5.56 Å². The van der Waals surface area contributed by atoms with Gasteiger partial charge in [0.05, 0.1) is 16.8 Å². The van der Waals surface area contributed by atoms with Gasteiger partial charge in [-0.05, 0) is 53.7 Å². The summed E-state index contributed by atoms with van der Waals surface area (Å²) in [4.78, 5) is 4.85. The molecule has 3 nitrogen and oxygen atoms in total. The summed E-state index contributed by atoms with van der Waals surface area (Å²) in [7, 11) is 0. The lowest BCUT2D eigenvalue weighted by Crippen LogP contribution is -2.46. The number of amidine groups is 1. The van der Waals surface area contributed by atoms with Crippen molar-refractivity contribution in [3.8, 4) is 0 Å². The highest BCUT2D eigenvalue weighted by Gasteiger charge is 2.35. The Bertz CT molecular complexity index is 475. The third-order valence-corrected chi connectivity index (χ3v) is 2.63. The van der Waals surface area contributed by atoms with Crippen LogP contribution in [-0.4, -0.2) is 21.9 Å². The van der Waals surface area contributed by atoms with E-state index in [9.17, 15) is 0 Å². The van der Waals surface area contributed by atoms with Gasteiger partial charge in [-0.15, -0.1) is 0 Å². The predicted molar refractivity (Wildman–Crippen MR) is 76.1 cm³/mol. The molecular formula is C15H22N3. The fourth-order valence-electron chi connectivity index (χ4n) is 1.91. The quantitative estimate of drug-likeness (QED) is 0.687. The second-order valence-electron chi connectivity index (χ2n) is 6.71. The SMILES string of the molecule is CC(C)(C)N=C1c2ccccc2[N]N1C(C)(C)C. The number of benzene rings is 1. The molecule has 0 unspecified atom stereocenters. The van der Waals surface area contributed by atoms with Crippen LogP contribution in [0.3, 0.4) is 0 Å². The lowest BCUT2D eigenvalue weighted by Gasteiger charge is -2.32. The number of hydrogen-bond donors (Lipinski definition) is 0. The number of hydrogen-bond acceptors (Lipinski definition) is 1. The van der Waals surface area contributed by atoms with Crippen molar-refractivity contribution in [3.63, 3.8) is 0 Å². The first-order valence-electron chi connectivity index (χ1n) is 6.40. The molecule has 1 aromatic carbocycles. The van der Waals surface area contributed by atoms with Gasteiger partial charge in [-0.25, -0.2) is 5.01 Å². The lowest BCUT2D eigenvalue weighted by atomic mass is 10.1. The molecule has 0 N–H and O–H groups in total. The maximum atomic E-state index is 4.85. The lowest BCUT2D eigenvalue weighted by molar-refractivity contribution is 0.199. The highest BCUT2D eigenvalue weighted by molar-refractivity contribution is 6.06. The molecule has 1 heterocycles. The van der Waals surface area contributed by atoms with Crippen LogP contribution in [0.25, 0.3) is 0 Å². The minimum absolute atomic E-state index is 0.0664. The molecule has 1 aliphatic rings. The Hall–Kier alpha value is -1.51. The normalized spacial score (nSPS) is 17.9. The monoisotopic (exact) mass is 244 g/mol. The summed E-state index contributed by atoms with van der Waals surface area (Å²) < 4.78 is 0. The van der Waals surface area contributed by atoms with E-state index in [1.54, 1.807) is 0 Å². The zero-order chi connectivity index (χ0) is 13.6. The van der Waals surface area contributed by atoms with Gasteiger partial charge in [0.2, 0.25) is 0 Å². The number of rotatable bonds is 0. The van der Waals surface area contributed by atoms with Crippen LogP contribution < -0.4 is 5.43 Å². The summed E-state index contributed by atoms with van der Waals surface area (Å²) in [5.41, 5.74) is 6.66. The second-order valence-corrected chi connectivity index (χ2v) is 6.71. The van der Waals surface area contributed by atoms with Crippen LogP contribution in [0.5, 0.6) is 0 Å². The molecule has 0 atom stereocenters. The zero-order valence-corrected chi connectivity index (χ0v) is 12.2. The van der Waals surface area contributed by atoms with Gasteiger partial charge in [-0.3, -0.25) is 4.99 Å². The van der Waals surface area contributed by atoms with Crippen LogP contribution in [-0.2, 0) is 0 Å². The van der Waals surface area contributed by atoms with Crippen LogP contribution in [0, 0.1) is 0 Å². The molecular weight excluding hydrogens is 222 g/mol. The van der Waals surface area contributed by atoms with E-state index in [4.69, 9.17) is 10.4 Å². The van der Waals surface area contributed by atoms with Gasteiger partial charge in [-0.2, -0.15) is 5.43 Å². The van der Waals surface area contributed by atoms with Crippen molar-refractivity contribution in [1.29, 1.82) is 0 Å². The van der Waals surface area contributed by atoms with Crippen molar-refractivity contribution < 1.29 is 0 Å². The van der Waals surface area contributed by atoms with Crippen LogP contribution in [0.15, 0.2) is 29.3 Å². The van der Waals surface area contributed by atoms with Gasteiger partial charge in [-0.1, -0.05) is 12.1 Å². The second kappa shape index (κ2) is 4.01. The van der Waals surface area contributed by atoms with Crippen molar-refractivity contribution in [1.82, 2.24) is 10.4 Å². The van der Waals surface area contributed by atoms with E-state index in [1.165, 1.54) is 0 Å². The molecule has 1 aromatic rings. The van der Waals surface area contributed by atoms with E-state index >= 15 is 0 Å². The average molecular weight is 244 g/mol. The van der Waals surface area contributed by atoms with Gasteiger partial charge in [0.15, 0.2) is 5.84 Å². The Balaban J connectivity index is 2.53. The Morgan fingerprint density at radius 1 is 1.00 bits per heavy atom. The summed E-state index contributed by atoms with van der Waals surface area (Å²) in [6.45, 7) is 12.8. The first-order chi connectivity index (χ1) is 8.18. The number of fused-ring (bicyclic) bond motifs is 1. The van der Waals surface area contributed by atoms with Crippen LogP contribution in [0.2, 0.25) is 0 Å². The Morgan fingerprint density at radius 2 is 1.61 bits per heavy atom. The molecule has 0 bridgehead atoms. The van der Waals surface area contributed by atoms with Crippen molar-refractivity contribution in [3.05, 3.63) is 29.8 Å². The number of nitrogens with zero attached hydrogens (tertiary/aromatic N) is 3. The van der Waals surface area contributed by atoms with Gasteiger partial charge < -0.3 is 0 Å². The van der Waals surface area contributed by atoms with Crippen molar-refractivity contribution in [2.24, 2.45) is 4.99 Å². The van der Waals surface area contributed by atoms with Crippen LogP contribution in [0.1, 0.15) is 47.1 Å². The first kappa shape index (κ1) is 12.9. The molecule has 1 aliphatic heterocycles. The minimum Gasteiger partial charge on any atom is -0.261 e. The molecule has 0 saturated heterocycles. The van der Waals surface area contributed by atoms with Gasteiger partial charge in [0.1, 0.15) is 0 Å². The van der Waals surface area contributed by atoms with Crippen molar-refractivity contribution in [2.75, 3.05) is 0 Å². The van der Waals surface area contributed by atoms with E-state index in [-0.39, 0.29) is 11.1 Å². The highest BCUT2D eigenvalue weighted by atomic mass is 15.6. The van der Waals surface area contributed by atoms with Gasteiger partial charge >= 0.3 is 0 Å². The van der Waals surface area contributed by atoms with Crippen molar-refractivity contribution in [2.45, 2.75) is 52.6 Å². The predicted octanol–water partition coefficient (Wildman–Crippen LogP) is 3.50. The summed E-state index contributed by atoms with van der Waals surface area (Å²) in [6, 6.07) is 8.19. The molecule has 97 valence electrons. The first-order valence-corrected chi connectivity index (χ1v) is 6.40. The molecule has 0 fully saturated rings. The molecule has 0 aliphatic carbocycles. The molecule has 3 heteroatoms. The Kier molecular flexibility index (Phi) is 2.88. The fraction of sp³-hybridized carbons (Fsp3) is 0.533. The third-order valence-electron chi connectivity index (χ3n) is 2.63. The molecule has 18 heavy (non-hydrogen) atoms. The molecule has 0 amide bonds. The summed E-state index contributed by atoms with van der Waals surface area (Å²) in [5, 5.41) is 2.03. The Labute approximate surface area is 110 Å². The zero-order valence-electron chi connectivity index (χ0n) is 12.2.